The molecule has 2 aromatic carbocycles. The summed E-state index contributed by atoms with van der Waals surface area (Å²) >= 11 is 0. The van der Waals surface area contributed by atoms with Crippen molar-refractivity contribution >= 4 is 37.0 Å². The number of rotatable bonds is 7. The smallest absolute Gasteiger partial charge is 0.312 e. The number of nitro benzene ring substituents is 1. The van der Waals surface area contributed by atoms with Gasteiger partial charge in [0.15, 0.2) is 25.4 Å². The molecule has 11 nitrogen and oxygen atoms in total. The van der Waals surface area contributed by atoms with Crippen LogP contribution in [-0.4, -0.2) is 57.6 Å². The number of anilines is 1. The summed E-state index contributed by atoms with van der Waals surface area (Å²) in [6.45, 7) is 0. The molecule has 1 heterocycles. The molecule has 0 saturated carbocycles. The monoisotopic (exact) mass is 470 g/mol. The number of para-hydroxylation sites is 1. The number of hydrogen-bond donors (Lipinski definition) is 0. The summed E-state index contributed by atoms with van der Waals surface area (Å²) < 4.78 is 58.9. The number of nitrogens with zero attached hydrogens (tertiary/aromatic N) is 2. The predicted molar refractivity (Wildman–Crippen MR) is 110 cm³/mol. The summed E-state index contributed by atoms with van der Waals surface area (Å²) in [4.78, 5) is 24.0. The van der Waals surface area contributed by atoms with E-state index in [2.05, 4.69) is 0 Å². The van der Waals surface area contributed by atoms with Crippen molar-refractivity contribution in [1.29, 1.82) is 0 Å². The number of ether oxygens (including phenoxy) is 2. The third kappa shape index (κ3) is 3.39. The number of carbonyl (C=O) groups excluding carboxylic acids is 1. The average Bonchev–Trinajstić information content (AvgIpc) is 2.68. The molecule has 0 radical (unpaired) electrons. The van der Waals surface area contributed by atoms with Crippen LogP contribution in [0, 0.1) is 10.1 Å². The Kier molecular flexibility index (Phi) is 5.44. The Bertz CT molecular complexity index is 1230. The van der Waals surface area contributed by atoms with Crippen molar-refractivity contribution in [3.8, 4) is 11.5 Å². The molecule has 0 bridgehead atoms. The minimum absolute atomic E-state index is 0.0814. The third-order valence-electron chi connectivity index (χ3n) is 4.76. The molecule has 1 fully saturated rings. The van der Waals surface area contributed by atoms with E-state index in [4.69, 9.17) is 9.47 Å². The molecular formula is C18H18N2O9S2. The Morgan fingerprint density at radius 1 is 1.03 bits per heavy atom. The number of hydrogen-bond acceptors (Lipinski definition) is 9. The summed E-state index contributed by atoms with van der Waals surface area (Å²) in [5.74, 6) is -1.06. The van der Waals surface area contributed by atoms with Crippen LogP contribution < -0.4 is 14.4 Å². The van der Waals surface area contributed by atoms with Crippen LogP contribution in [0.4, 0.5) is 11.4 Å². The second-order valence-corrected chi connectivity index (χ2v) is 11.4. The lowest BCUT2D eigenvalue weighted by Crippen LogP contribution is -2.82. The molecule has 1 atom stereocenters. The minimum Gasteiger partial charge on any atom is -0.490 e. The van der Waals surface area contributed by atoms with Crippen LogP contribution in [0.1, 0.15) is 0 Å². The van der Waals surface area contributed by atoms with Crippen LogP contribution >= 0.6 is 0 Å². The maximum atomic E-state index is 13.0. The van der Waals surface area contributed by atoms with Crippen molar-refractivity contribution in [3.63, 3.8) is 0 Å². The number of methoxy groups -OCH3 is 1. The van der Waals surface area contributed by atoms with Crippen LogP contribution in [-0.2, 0) is 24.5 Å². The van der Waals surface area contributed by atoms with Crippen molar-refractivity contribution in [1.82, 2.24) is 0 Å². The van der Waals surface area contributed by atoms with Gasteiger partial charge in [0.2, 0.25) is 6.10 Å². The fraction of sp³-hybridized carbons (Fsp3) is 0.278. The molecule has 13 heteroatoms. The summed E-state index contributed by atoms with van der Waals surface area (Å²) in [5.41, 5.74) is -0.877. The molecule has 0 aliphatic carbocycles. The summed E-state index contributed by atoms with van der Waals surface area (Å²) in [6, 6.07) is 10.8. The van der Waals surface area contributed by atoms with Crippen LogP contribution in [0.15, 0.2) is 48.5 Å². The van der Waals surface area contributed by atoms with Crippen molar-refractivity contribution in [2.45, 2.75) is 10.3 Å². The molecule has 0 spiro atoms. The highest BCUT2D eigenvalue weighted by atomic mass is 32.3. The number of amides is 1. The van der Waals surface area contributed by atoms with Crippen molar-refractivity contribution in [2.75, 3.05) is 24.5 Å². The second-order valence-electron chi connectivity index (χ2n) is 6.77. The Hall–Kier alpha value is -3.19. The van der Waals surface area contributed by atoms with Gasteiger partial charge in [-0.3, -0.25) is 19.8 Å². The number of carbonyl (C=O) groups is 1. The molecule has 31 heavy (non-hydrogen) atoms. The number of β-lactam (4-membered cyclic amide) rings is 1. The Labute approximate surface area is 178 Å². The molecular weight excluding hydrogens is 452 g/mol. The average molecular weight is 470 g/mol. The second kappa shape index (κ2) is 7.50. The van der Waals surface area contributed by atoms with E-state index in [1.807, 2.05) is 0 Å². The van der Waals surface area contributed by atoms with Crippen molar-refractivity contribution in [2.24, 2.45) is 0 Å². The Morgan fingerprint density at radius 3 is 2.10 bits per heavy atom. The molecule has 1 amide bonds. The topological polar surface area (TPSA) is 150 Å². The van der Waals surface area contributed by atoms with Crippen LogP contribution in [0.25, 0.3) is 0 Å². The van der Waals surface area contributed by atoms with Gasteiger partial charge in [0.05, 0.1) is 17.7 Å². The van der Waals surface area contributed by atoms with Crippen LogP contribution in [0.2, 0.25) is 0 Å². The van der Waals surface area contributed by atoms with Gasteiger partial charge in [-0.05, 0) is 24.3 Å². The van der Waals surface area contributed by atoms with Gasteiger partial charge >= 0.3 is 5.69 Å². The Morgan fingerprint density at radius 2 is 1.61 bits per heavy atom. The lowest BCUT2D eigenvalue weighted by Gasteiger charge is -2.52. The highest BCUT2D eigenvalue weighted by Gasteiger charge is 2.75. The van der Waals surface area contributed by atoms with E-state index in [9.17, 15) is 31.7 Å². The zero-order valence-electron chi connectivity index (χ0n) is 16.6. The highest BCUT2D eigenvalue weighted by Crippen LogP contribution is 2.47. The molecule has 1 aliphatic rings. The number of nitro groups is 1. The lowest BCUT2D eigenvalue weighted by atomic mass is 10.1. The molecule has 1 unspecified atom stereocenters. The zero-order valence-corrected chi connectivity index (χ0v) is 18.2. The molecule has 0 aromatic heterocycles. The van der Waals surface area contributed by atoms with E-state index in [0.717, 1.165) is 18.2 Å². The first-order chi connectivity index (χ1) is 14.4. The van der Waals surface area contributed by atoms with Gasteiger partial charge in [0.25, 0.3) is 10.1 Å². The highest BCUT2D eigenvalue weighted by molar-refractivity contribution is 8.10. The molecule has 1 saturated heterocycles. The van der Waals surface area contributed by atoms with E-state index in [0.29, 0.717) is 17.4 Å². The molecule has 0 N–H and O–H groups in total. The van der Waals surface area contributed by atoms with Gasteiger partial charge in [-0.15, -0.1) is 0 Å². The van der Waals surface area contributed by atoms with Crippen LogP contribution in [0.3, 0.4) is 0 Å². The van der Waals surface area contributed by atoms with Gasteiger partial charge in [-0.2, -0.15) is 0 Å². The van der Waals surface area contributed by atoms with Crippen LogP contribution in [0.5, 0.6) is 11.5 Å². The van der Waals surface area contributed by atoms with E-state index in [1.54, 1.807) is 18.2 Å². The first kappa shape index (κ1) is 22.5. The minimum atomic E-state index is -4.54. The standard InChI is InChI=1S/C18H18N2O9S2/c1-28-15-10-9-12(11-14(15)20(22)23)19-17(21)16(29-13-7-5-4-6-8-13)18(19,30(2,24)25)31(3,26)27/h4-11,16H,1-3H3. The Balaban J connectivity index is 2.24. The SMILES string of the molecule is COc1ccc(N2C(=O)C(Oc3ccccc3)C2(S(C)(=O)=O)S(C)(=O)=O)cc1[N+](=O)[O-]. The molecule has 2 aromatic rings. The van der Waals surface area contributed by atoms with E-state index in [1.165, 1.54) is 19.2 Å². The van der Waals surface area contributed by atoms with Gasteiger partial charge in [0, 0.05) is 18.6 Å². The third-order valence-corrected chi connectivity index (χ3v) is 9.50. The largest absolute Gasteiger partial charge is 0.490 e. The maximum Gasteiger partial charge on any atom is 0.312 e. The van der Waals surface area contributed by atoms with E-state index < -0.39 is 46.5 Å². The van der Waals surface area contributed by atoms with E-state index in [-0.39, 0.29) is 17.2 Å². The molecule has 3 rings (SSSR count). The van der Waals surface area contributed by atoms with Gasteiger partial charge in [-0.25, -0.2) is 16.8 Å². The lowest BCUT2D eigenvalue weighted by molar-refractivity contribution is -0.385. The molecule has 166 valence electrons. The summed E-state index contributed by atoms with van der Waals surface area (Å²) in [5, 5.41) is 11.4. The van der Waals surface area contributed by atoms with Gasteiger partial charge in [-0.1, -0.05) is 18.2 Å². The first-order valence-corrected chi connectivity index (χ1v) is 12.4. The van der Waals surface area contributed by atoms with Crippen molar-refractivity contribution in [3.05, 3.63) is 58.6 Å². The number of sulfone groups is 2. The normalized spacial score (nSPS) is 18.2. The molecule has 1 aliphatic heterocycles. The zero-order chi connectivity index (χ0) is 23.2. The maximum absolute atomic E-state index is 13.0. The summed E-state index contributed by atoms with van der Waals surface area (Å²) in [6.07, 6.45) is -0.597. The fourth-order valence-electron chi connectivity index (χ4n) is 3.50. The van der Waals surface area contributed by atoms with E-state index >= 15 is 0 Å². The predicted octanol–water partition coefficient (Wildman–Crippen LogP) is 1.14. The summed E-state index contributed by atoms with van der Waals surface area (Å²) in [7, 11) is -7.89. The first-order valence-electron chi connectivity index (χ1n) is 8.63. The van der Waals surface area contributed by atoms with Crippen molar-refractivity contribution < 1.29 is 36.0 Å². The van der Waals surface area contributed by atoms with Gasteiger partial charge in [0.1, 0.15) is 5.75 Å². The van der Waals surface area contributed by atoms with Gasteiger partial charge < -0.3 is 9.47 Å². The quantitative estimate of drug-likeness (QED) is 0.330. The fourth-order valence-corrected chi connectivity index (χ4v) is 7.83. The number of benzene rings is 2.